The molecule has 0 amide bonds. The Balaban J connectivity index is 2.25. The Morgan fingerprint density at radius 1 is 1.41 bits per heavy atom. The molecule has 0 N–H and O–H groups in total. The Bertz CT molecular complexity index is 546. The molecule has 0 atom stereocenters. The molecule has 17 heavy (non-hydrogen) atoms. The van der Waals surface area contributed by atoms with Gasteiger partial charge in [0, 0.05) is 11.8 Å². The van der Waals surface area contributed by atoms with Gasteiger partial charge in [0.05, 0.1) is 6.61 Å². The van der Waals surface area contributed by atoms with Gasteiger partial charge < -0.3 is 4.74 Å². The standard InChI is InChI=1S/C12H14O4S/c1-17(14,15)8-11(13)9-4-5-12-10(7-9)3-2-6-16-12/h4-5,7H,2-3,6,8H2,1H3. The minimum Gasteiger partial charge on any atom is -0.493 e. The molecule has 4 nitrogen and oxygen atoms in total. The van der Waals surface area contributed by atoms with Gasteiger partial charge in [-0.05, 0) is 36.6 Å². The Hall–Kier alpha value is -1.36. The molecule has 0 saturated heterocycles. The van der Waals surface area contributed by atoms with Crippen LogP contribution in [0.2, 0.25) is 0 Å². The number of ketones is 1. The third kappa shape index (κ3) is 3.06. The number of sulfone groups is 1. The number of carbonyl (C=O) groups is 1. The van der Waals surface area contributed by atoms with E-state index in [1.807, 2.05) is 0 Å². The largest absolute Gasteiger partial charge is 0.493 e. The monoisotopic (exact) mass is 254 g/mol. The van der Waals surface area contributed by atoms with Gasteiger partial charge in [0.1, 0.15) is 11.5 Å². The summed E-state index contributed by atoms with van der Waals surface area (Å²) in [5.74, 6) is 0.000137. The lowest BCUT2D eigenvalue weighted by atomic mass is 10.0. The average Bonchev–Trinajstić information content (AvgIpc) is 2.26. The number of ether oxygens (including phenoxy) is 1. The summed E-state index contributed by atoms with van der Waals surface area (Å²) in [6, 6.07) is 5.10. The summed E-state index contributed by atoms with van der Waals surface area (Å²) in [5.41, 5.74) is 1.43. The van der Waals surface area contributed by atoms with E-state index in [-0.39, 0.29) is 5.78 Å². The number of aryl methyl sites for hydroxylation is 1. The Morgan fingerprint density at radius 2 is 2.18 bits per heavy atom. The molecule has 1 aromatic rings. The lowest BCUT2D eigenvalue weighted by Gasteiger charge is -2.17. The SMILES string of the molecule is CS(=O)(=O)CC(=O)c1ccc2c(c1)CCCO2. The topological polar surface area (TPSA) is 60.4 Å². The number of Topliss-reactive ketones (excluding diaryl/α,β-unsaturated/α-hetero) is 1. The molecule has 1 aromatic carbocycles. The maximum atomic E-state index is 11.7. The number of rotatable bonds is 3. The van der Waals surface area contributed by atoms with Crippen LogP contribution < -0.4 is 4.74 Å². The van der Waals surface area contributed by atoms with Gasteiger partial charge in [0.25, 0.3) is 0 Å². The van der Waals surface area contributed by atoms with E-state index in [0.29, 0.717) is 12.2 Å². The van der Waals surface area contributed by atoms with Crippen molar-refractivity contribution in [3.05, 3.63) is 29.3 Å². The van der Waals surface area contributed by atoms with Crippen molar-refractivity contribution < 1.29 is 17.9 Å². The third-order valence-corrected chi connectivity index (χ3v) is 3.41. The zero-order valence-corrected chi connectivity index (χ0v) is 10.4. The first kappa shape index (κ1) is 12.1. The maximum Gasteiger partial charge on any atom is 0.177 e. The molecule has 1 aliphatic heterocycles. The Kier molecular flexibility index (Phi) is 3.19. The highest BCUT2D eigenvalue weighted by Crippen LogP contribution is 2.25. The molecule has 92 valence electrons. The molecule has 2 rings (SSSR count). The van der Waals surface area contributed by atoms with Crippen molar-refractivity contribution in [3.63, 3.8) is 0 Å². The van der Waals surface area contributed by atoms with Crippen LogP contribution in [0, 0.1) is 0 Å². The summed E-state index contributed by atoms with van der Waals surface area (Å²) in [5, 5.41) is 0. The van der Waals surface area contributed by atoms with Crippen LogP contribution in [0.1, 0.15) is 22.3 Å². The predicted molar refractivity (Wildman–Crippen MR) is 64.3 cm³/mol. The van der Waals surface area contributed by atoms with Crippen molar-refractivity contribution in [2.24, 2.45) is 0 Å². The molecule has 1 heterocycles. The van der Waals surface area contributed by atoms with Crippen molar-refractivity contribution in [1.82, 2.24) is 0 Å². The number of fused-ring (bicyclic) bond motifs is 1. The quantitative estimate of drug-likeness (QED) is 0.761. The van der Waals surface area contributed by atoms with Crippen molar-refractivity contribution in [3.8, 4) is 5.75 Å². The summed E-state index contributed by atoms with van der Waals surface area (Å²) >= 11 is 0. The fourth-order valence-corrected chi connectivity index (χ4v) is 2.50. The average molecular weight is 254 g/mol. The van der Waals surface area contributed by atoms with Crippen LogP contribution in [0.5, 0.6) is 5.75 Å². The van der Waals surface area contributed by atoms with E-state index in [9.17, 15) is 13.2 Å². The summed E-state index contributed by atoms with van der Waals surface area (Å²) in [6.07, 6.45) is 2.86. The van der Waals surface area contributed by atoms with Crippen LogP contribution in [0.4, 0.5) is 0 Å². The minimum atomic E-state index is -3.27. The second kappa shape index (κ2) is 4.49. The van der Waals surface area contributed by atoms with E-state index in [4.69, 9.17) is 4.74 Å². The molecule has 0 spiro atoms. The van der Waals surface area contributed by atoms with Gasteiger partial charge in [-0.2, -0.15) is 0 Å². The molecule has 0 bridgehead atoms. The van der Waals surface area contributed by atoms with E-state index in [1.165, 1.54) is 0 Å². The second-order valence-corrected chi connectivity index (χ2v) is 6.41. The van der Waals surface area contributed by atoms with Crippen LogP contribution in [0.3, 0.4) is 0 Å². The van der Waals surface area contributed by atoms with Crippen molar-refractivity contribution in [1.29, 1.82) is 0 Å². The number of carbonyl (C=O) groups excluding carboxylic acids is 1. The molecular formula is C12H14O4S. The molecule has 0 saturated carbocycles. The van der Waals surface area contributed by atoms with Crippen molar-refractivity contribution in [2.75, 3.05) is 18.6 Å². The third-order valence-electron chi connectivity index (χ3n) is 2.62. The molecule has 0 radical (unpaired) electrons. The van der Waals surface area contributed by atoms with E-state index < -0.39 is 15.6 Å². The first-order valence-electron chi connectivity index (χ1n) is 5.42. The fourth-order valence-electron chi connectivity index (χ4n) is 1.86. The van der Waals surface area contributed by atoms with E-state index in [1.54, 1.807) is 18.2 Å². The van der Waals surface area contributed by atoms with E-state index >= 15 is 0 Å². The zero-order valence-electron chi connectivity index (χ0n) is 9.60. The molecule has 5 heteroatoms. The van der Waals surface area contributed by atoms with Crippen LogP contribution in [-0.2, 0) is 16.3 Å². The maximum absolute atomic E-state index is 11.7. The Labute approximate surface area is 101 Å². The highest BCUT2D eigenvalue weighted by atomic mass is 32.2. The Morgan fingerprint density at radius 3 is 2.88 bits per heavy atom. The van der Waals surface area contributed by atoms with Crippen LogP contribution in [0.25, 0.3) is 0 Å². The molecule has 0 unspecified atom stereocenters. The van der Waals surface area contributed by atoms with Gasteiger partial charge >= 0.3 is 0 Å². The number of hydrogen-bond acceptors (Lipinski definition) is 4. The molecule has 1 aliphatic rings. The summed E-state index contributed by atoms with van der Waals surface area (Å²) in [4.78, 5) is 11.7. The molecule has 0 aromatic heterocycles. The van der Waals surface area contributed by atoms with Crippen LogP contribution in [-0.4, -0.2) is 32.8 Å². The predicted octanol–water partition coefficient (Wildman–Crippen LogP) is 1.24. The van der Waals surface area contributed by atoms with Gasteiger partial charge in [-0.1, -0.05) is 0 Å². The highest BCUT2D eigenvalue weighted by Gasteiger charge is 2.16. The number of hydrogen-bond donors (Lipinski definition) is 0. The zero-order chi connectivity index (χ0) is 12.5. The summed E-state index contributed by atoms with van der Waals surface area (Å²) in [6.45, 7) is 0.698. The van der Waals surface area contributed by atoms with Gasteiger partial charge in [-0.3, -0.25) is 4.79 Å². The summed E-state index contributed by atoms with van der Waals surface area (Å²) in [7, 11) is -3.27. The normalized spacial score (nSPS) is 14.9. The van der Waals surface area contributed by atoms with Gasteiger partial charge in [0.2, 0.25) is 0 Å². The lowest BCUT2D eigenvalue weighted by molar-refractivity contribution is 0.102. The first-order valence-corrected chi connectivity index (χ1v) is 7.48. The summed E-state index contributed by atoms with van der Waals surface area (Å²) < 4.78 is 27.5. The molecule has 0 fully saturated rings. The minimum absolute atomic E-state index is 0.360. The lowest BCUT2D eigenvalue weighted by Crippen LogP contribution is -2.15. The fraction of sp³-hybridized carbons (Fsp3) is 0.417. The van der Waals surface area contributed by atoms with Gasteiger partial charge in [-0.15, -0.1) is 0 Å². The van der Waals surface area contributed by atoms with Gasteiger partial charge in [0.15, 0.2) is 15.6 Å². The first-order chi connectivity index (χ1) is 7.96. The highest BCUT2D eigenvalue weighted by molar-refractivity contribution is 7.91. The van der Waals surface area contributed by atoms with E-state index in [2.05, 4.69) is 0 Å². The van der Waals surface area contributed by atoms with Crippen LogP contribution >= 0.6 is 0 Å². The van der Waals surface area contributed by atoms with Crippen LogP contribution in [0.15, 0.2) is 18.2 Å². The molecular weight excluding hydrogens is 240 g/mol. The molecule has 0 aliphatic carbocycles. The number of benzene rings is 1. The van der Waals surface area contributed by atoms with E-state index in [0.717, 1.165) is 30.4 Å². The van der Waals surface area contributed by atoms with Crippen molar-refractivity contribution in [2.45, 2.75) is 12.8 Å². The smallest absolute Gasteiger partial charge is 0.177 e. The second-order valence-electron chi connectivity index (χ2n) is 4.27. The van der Waals surface area contributed by atoms with Crippen molar-refractivity contribution >= 4 is 15.6 Å². The van der Waals surface area contributed by atoms with Gasteiger partial charge in [-0.25, -0.2) is 8.42 Å².